The van der Waals surface area contributed by atoms with Gasteiger partial charge in [-0.05, 0) is 74.5 Å². The quantitative estimate of drug-likeness (QED) is 0.566. The zero-order chi connectivity index (χ0) is 22.3. The van der Waals surface area contributed by atoms with E-state index in [2.05, 4.69) is 20.5 Å². The highest BCUT2D eigenvalue weighted by Crippen LogP contribution is 2.24. The molecule has 3 heterocycles. The molecule has 2 aromatic heterocycles. The molecule has 4 rings (SSSR count). The summed E-state index contributed by atoms with van der Waals surface area (Å²) in [4.78, 5) is 31.0. The van der Waals surface area contributed by atoms with Crippen LogP contribution in [0.15, 0.2) is 65.2 Å². The molecule has 1 aliphatic heterocycles. The first-order valence-corrected chi connectivity index (χ1v) is 11.0. The summed E-state index contributed by atoms with van der Waals surface area (Å²) in [6.07, 6.45) is 3.08. The fourth-order valence-corrected chi connectivity index (χ4v) is 3.83. The monoisotopic (exact) mass is 452 g/mol. The maximum atomic E-state index is 12.4. The molecule has 0 unspecified atom stereocenters. The number of halogens is 1. The number of anilines is 1. The van der Waals surface area contributed by atoms with E-state index in [0.29, 0.717) is 55.6 Å². The Morgan fingerprint density at radius 1 is 1.06 bits per heavy atom. The van der Waals surface area contributed by atoms with E-state index in [9.17, 15) is 9.59 Å². The molecular formula is C24H25ClN4O3. The number of rotatable bonds is 7. The molecule has 2 N–H and O–H groups in total. The van der Waals surface area contributed by atoms with Gasteiger partial charge in [0.15, 0.2) is 0 Å². The SMILES string of the molecule is O=C(CN1CCC(C(=O)Nc2ccccn2)CC1)NCc1ccc(-c2ccc(Cl)cc2)o1. The molecule has 1 aliphatic rings. The van der Waals surface area contributed by atoms with E-state index in [1.165, 1.54) is 0 Å². The third-order valence-electron chi connectivity index (χ3n) is 5.49. The molecule has 1 saturated heterocycles. The van der Waals surface area contributed by atoms with Crippen molar-refractivity contribution in [1.82, 2.24) is 15.2 Å². The fraction of sp³-hybridized carbons (Fsp3) is 0.292. The van der Waals surface area contributed by atoms with Crippen molar-refractivity contribution in [2.24, 2.45) is 5.92 Å². The number of amides is 2. The number of furan rings is 1. The van der Waals surface area contributed by atoms with Gasteiger partial charge in [0.25, 0.3) is 0 Å². The Balaban J connectivity index is 1.19. The predicted octanol–water partition coefficient (Wildman–Crippen LogP) is 3.96. The molecule has 32 heavy (non-hydrogen) atoms. The molecule has 2 amide bonds. The van der Waals surface area contributed by atoms with Crippen molar-refractivity contribution in [1.29, 1.82) is 0 Å². The Hall–Kier alpha value is -3.16. The summed E-state index contributed by atoms with van der Waals surface area (Å²) in [6, 6.07) is 16.6. The molecule has 1 fully saturated rings. The van der Waals surface area contributed by atoms with E-state index in [-0.39, 0.29) is 17.7 Å². The van der Waals surface area contributed by atoms with Gasteiger partial charge in [0, 0.05) is 22.7 Å². The van der Waals surface area contributed by atoms with Crippen LogP contribution < -0.4 is 10.6 Å². The second-order valence-corrected chi connectivity index (χ2v) is 8.24. The van der Waals surface area contributed by atoms with Crippen LogP contribution in [0.4, 0.5) is 5.82 Å². The Morgan fingerprint density at radius 2 is 1.84 bits per heavy atom. The number of benzene rings is 1. The van der Waals surface area contributed by atoms with Gasteiger partial charge in [-0.3, -0.25) is 14.5 Å². The summed E-state index contributed by atoms with van der Waals surface area (Å²) in [5, 5.41) is 6.43. The van der Waals surface area contributed by atoms with Crippen LogP contribution in [0.25, 0.3) is 11.3 Å². The lowest BCUT2D eigenvalue weighted by Gasteiger charge is -2.30. The van der Waals surface area contributed by atoms with Gasteiger partial charge in [-0.1, -0.05) is 17.7 Å². The molecule has 7 nitrogen and oxygen atoms in total. The van der Waals surface area contributed by atoms with Gasteiger partial charge in [-0.25, -0.2) is 4.98 Å². The molecular weight excluding hydrogens is 428 g/mol. The minimum atomic E-state index is -0.0641. The normalized spacial score (nSPS) is 14.8. The number of carbonyl (C=O) groups is 2. The fourth-order valence-electron chi connectivity index (χ4n) is 3.71. The van der Waals surface area contributed by atoms with Gasteiger partial charge in [0.2, 0.25) is 11.8 Å². The maximum Gasteiger partial charge on any atom is 0.234 e. The van der Waals surface area contributed by atoms with Crippen molar-refractivity contribution in [3.8, 4) is 11.3 Å². The second kappa shape index (κ2) is 10.4. The number of carbonyl (C=O) groups excluding carboxylic acids is 2. The lowest BCUT2D eigenvalue weighted by Crippen LogP contribution is -2.43. The second-order valence-electron chi connectivity index (χ2n) is 7.80. The highest BCUT2D eigenvalue weighted by Gasteiger charge is 2.26. The van der Waals surface area contributed by atoms with Gasteiger partial charge in [-0.2, -0.15) is 0 Å². The molecule has 8 heteroatoms. The number of piperidine rings is 1. The van der Waals surface area contributed by atoms with Crippen LogP contribution in [0.5, 0.6) is 0 Å². The molecule has 3 aromatic rings. The standard InChI is InChI=1S/C24H25ClN4O3/c25-19-6-4-17(5-7-19)21-9-8-20(32-21)15-27-23(30)16-29-13-10-18(11-14-29)24(31)28-22-3-1-2-12-26-22/h1-9,12,18H,10-11,13-16H2,(H,27,30)(H,26,28,31). The van der Waals surface area contributed by atoms with Crippen LogP contribution in [0, 0.1) is 5.92 Å². The largest absolute Gasteiger partial charge is 0.459 e. The van der Waals surface area contributed by atoms with Gasteiger partial charge in [-0.15, -0.1) is 0 Å². The summed E-state index contributed by atoms with van der Waals surface area (Å²) in [7, 11) is 0. The van der Waals surface area contributed by atoms with Gasteiger partial charge < -0.3 is 15.1 Å². The van der Waals surface area contributed by atoms with Crippen molar-refractivity contribution in [3.05, 3.63) is 71.6 Å². The number of pyridine rings is 1. The highest BCUT2D eigenvalue weighted by atomic mass is 35.5. The Morgan fingerprint density at radius 3 is 2.56 bits per heavy atom. The van der Waals surface area contributed by atoms with Crippen LogP contribution in [-0.4, -0.2) is 41.3 Å². The van der Waals surface area contributed by atoms with Gasteiger partial charge in [0.05, 0.1) is 13.1 Å². The summed E-state index contributed by atoms with van der Waals surface area (Å²) >= 11 is 5.92. The summed E-state index contributed by atoms with van der Waals surface area (Å²) in [6.45, 7) is 2.04. The highest BCUT2D eigenvalue weighted by molar-refractivity contribution is 6.30. The van der Waals surface area contributed by atoms with Crippen LogP contribution in [-0.2, 0) is 16.1 Å². The van der Waals surface area contributed by atoms with Gasteiger partial charge in [0.1, 0.15) is 17.3 Å². The predicted molar refractivity (Wildman–Crippen MR) is 123 cm³/mol. The first-order chi connectivity index (χ1) is 15.6. The summed E-state index contributed by atoms with van der Waals surface area (Å²) in [5.74, 6) is 1.85. The molecule has 166 valence electrons. The third-order valence-corrected chi connectivity index (χ3v) is 5.74. The number of aromatic nitrogens is 1. The van der Waals surface area contributed by atoms with E-state index in [1.807, 2.05) is 48.5 Å². The van der Waals surface area contributed by atoms with Crippen molar-refractivity contribution in [3.63, 3.8) is 0 Å². The smallest absolute Gasteiger partial charge is 0.234 e. The van der Waals surface area contributed by atoms with Gasteiger partial charge >= 0.3 is 0 Å². The number of hydrogen-bond acceptors (Lipinski definition) is 5. The molecule has 1 aromatic carbocycles. The van der Waals surface area contributed by atoms with Crippen molar-refractivity contribution < 1.29 is 14.0 Å². The molecule has 0 spiro atoms. The Bertz CT molecular complexity index is 1040. The van der Waals surface area contributed by atoms with E-state index in [1.54, 1.807) is 12.3 Å². The lowest BCUT2D eigenvalue weighted by molar-refractivity contribution is -0.123. The molecule has 0 radical (unpaired) electrons. The maximum absolute atomic E-state index is 12.4. The first kappa shape index (κ1) is 22.0. The minimum Gasteiger partial charge on any atom is -0.459 e. The molecule has 0 saturated carbocycles. The molecule has 0 atom stereocenters. The van der Waals surface area contributed by atoms with E-state index in [0.717, 1.165) is 11.3 Å². The zero-order valence-corrected chi connectivity index (χ0v) is 18.3. The Kier molecular flexibility index (Phi) is 7.19. The number of nitrogens with zero attached hydrogens (tertiary/aromatic N) is 2. The van der Waals surface area contributed by atoms with E-state index >= 15 is 0 Å². The zero-order valence-electron chi connectivity index (χ0n) is 17.6. The van der Waals surface area contributed by atoms with Crippen molar-refractivity contribution in [2.45, 2.75) is 19.4 Å². The Labute approximate surface area is 191 Å². The average molecular weight is 453 g/mol. The van der Waals surface area contributed by atoms with Crippen LogP contribution in [0.3, 0.4) is 0 Å². The number of nitrogens with one attached hydrogen (secondary N) is 2. The van der Waals surface area contributed by atoms with Crippen LogP contribution in [0.2, 0.25) is 5.02 Å². The number of hydrogen-bond donors (Lipinski definition) is 2. The van der Waals surface area contributed by atoms with Crippen molar-refractivity contribution in [2.75, 3.05) is 25.0 Å². The number of likely N-dealkylation sites (tertiary alicyclic amines) is 1. The van der Waals surface area contributed by atoms with E-state index in [4.69, 9.17) is 16.0 Å². The molecule has 0 aliphatic carbocycles. The molecule has 0 bridgehead atoms. The topological polar surface area (TPSA) is 87.5 Å². The minimum absolute atomic E-state index is 0.0119. The summed E-state index contributed by atoms with van der Waals surface area (Å²) in [5.41, 5.74) is 0.932. The van der Waals surface area contributed by atoms with Crippen LogP contribution >= 0.6 is 11.6 Å². The van der Waals surface area contributed by atoms with Crippen LogP contribution in [0.1, 0.15) is 18.6 Å². The average Bonchev–Trinajstić information content (AvgIpc) is 3.28. The summed E-state index contributed by atoms with van der Waals surface area (Å²) < 4.78 is 5.82. The third kappa shape index (κ3) is 5.96. The van der Waals surface area contributed by atoms with E-state index < -0.39 is 0 Å². The first-order valence-electron chi connectivity index (χ1n) is 10.6. The van der Waals surface area contributed by atoms with Crippen molar-refractivity contribution >= 4 is 29.2 Å². The lowest BCUT2D eigenvalue weighted by atomic mass is 9.96.